The molecule has 1 fully saturated rings. The van der Waals surface area contributed by atoms with Crippen LogP contribution in [-0.4, -0.2) is 36.8 Å². The van der Waals surface area contributed by atoms with Crippen molar-refractivity contribution in [3.8, 4) is 5.75 Å². The van der Waals surface area contributed by atoms with E-state index in [9.17, 15) is 9.59 Å². The second-order valence-corrected chi connectivity index (χ2v) is 3.72. The minimum Gasteiger partial charge on any atom is -0.496 e. The van der Waals surface area contributed by atoms with Gasteiger partial charge in [0.1, 0.15) is 5.75 Å². The minimum atomic E-state index is -0.136. The zero-order chi connectivity index (χ0) is 11.5. The standard InChI is InChI=1S/C12H13NO3/c1-16-11-5-3-2-4-10(11)12(15)13-7-6-9(14)8-13/h2-5H,6-8H2,1H3. The third-order valence-corrected chi connectivity index (χ3v) is 2.65. The van der Waals surface area contributed by atoms with E-state index >= 15 is 0 Å². The van der Waals surface area contributed by atoms with Crippen LogP contribution in [-0.2, 0) is 4.79 Å². The third-order valence-electron chi connectivity index (χ3n) is 2.65. The zero-order valence-corrected chi connectivity index (χ0v) is 9.10. The first-order chi connectivity index (χ1) is 7.72. The van der Waals surface area contributed by atoms with E-state index in [2.05, 4.69) is 0 Å². The molecule has 4 nitrogen and oxygen atoms in total. The Morgan fingerprint density at radius 2 is 2.12 bits per heavy atom. The van der Waals surface area contributed by atoms with E-state index in [-0.39, 0.29) is 18.2 Å². The van der Waals surface area contributed by atoms with Gasteiger partial charge in [0, 0.05) is 13.0 Å². The van der Waals surface area contributed by atoms with Crippen molar-refractivity contribution in [2.24, 2.45) is 0 Å². The van der Waals surface area contributed by atoms with E-state index in [1.165, 1.54) is 7.11 Å². The molecule has 1 saturated heterocycles. The molecular weight excluding hydrogens is 206 g/mol. The van der Waals surface area contributed by atoms with E-state index in [4.69, 9.17) is 4.74 Å². The molecule has 1 aromatic carbocycles. The highest BCUT2D eigenvalue weighted by atomic mass is 16.5. The summed E-state index contributed by atoms with van der Waals surface area (Å²) in [4.78, 5) is 24.7. The van der Waals surface area contributed by atoms with Crippen molar-refractivity contribution in [1.29, 1.82) is 0 Å². The average molecular weight is 219 g/mol. The van der Waals surface area contributed by atoms with Crippen LogP contribution in [0, 0.1) is 0 Å². The largest absolute Gasteiger partial charge is 0.496 e. The van der Waals surface area contributed by atoms with Gasteiger partial charge in [-0.2, -0.15) is 0 Å². The Labute approximate surface area is 93.8 Å². The van der Waals surface area contributed by atoms with Crippen LogP contribution in [0.5, 0.6) is 5.75 Å². The number of ketones is 1. The summed E-state index contributed by atoms with van der Waals surface area (Å²) in [5.41, 5.74) is 0.514. The zero-order valence-electron chi connectivity index (χ0n) is 9.10. The highest BCUT2D eigenvalue weighted by Crippen LogP contribution is 2.20. The third kappa shape index (κ3) is 1.91. The maximum atomic E-state index is 12.1. The van der Waals surface area contributed by atoms with Crippen molar-refractivity contribution in [3.63, 3.8) is 0 Å². The molecule has 84 valence electrons. The first kappa shape index (κ1) is 10.7. The van der Waals surface area contributed by atoms with Crippen molar-refractivity contribution >= 4 is 11.7 Å². The van der Waals surface area contributed by atoms with Crippen LogP contribution in [0.4, 0.5) is 0 Å². The molecule has 1 amide bonds. The van der Waals surface area contributed by atoms with Gasteiger partial charge in [-0.1, -0.05) is 12.1 Å². The number of methoxy groups -OCH3 is 1. The van der Waals surface area contributed by atoms with Gasteiger partial charge in [0.2, 0.25) is 0 Å². The van der Waals surface area contributed by atoms with Gasteiger partial charge in [-0.3, -0.25) is 9.59 Å². The molecule has 1 aromatic rings. The molecule has 0 unspecified atom stereocenters. The summed E-state index contributed by atoms with van der Waals surface area (Å²) in [5, 5.41) is 0. The molecule has 2 rings (SSSR count). The summed E-state index contributed by atoms with van der Waals surface area (Å²) in [6.45, 7) is 0.729. The number of rotatable bonds is 2. The normalized spacial score (nSPS) is 15.3. The smallest absolute Gasteiger partial charge is 0.258 e. The van der Waals surface area contributed by atoms with Crippen molar-refractivity contribution in [3.05, 3.63) is 29.8 Å². The lowest BCUT2D eigenvalue weighted by molar-refractivity contribution is -0.116. The lowest BCUT2D eigenvalue weighted by Crippen LogP contribution is -2.29. The highest BCUT2D eigenvalue weighted by Gasteiger charge is 2.26. The molecule has 1 aliphatic heterocycles. The van der Waals surface area contributed by atoms with Gasteiger partial charge in [-0.25, -0.2) is 0 Å². The fourth-order valence-electron chi connectivity index (χ4n) is 1.80. The van der Waals surface area contributed by atoms with Crippen LogP contribution in [0.25, 0.3) is 0 Å². The summed E-state index contributed by atoms with van der Waals surface area (Å²) >= 11 is 0. The molecule has 0 aromatic heterocycles. The van der Waals surface area contributed by atoms with Crippen LogP contribution in [0.15, 0.2) is 24.3 Å². The number of benzene rings is 1. The quantitative estimate of drug-likeness (QED) is 0.748. The van der Waals surface area contributed by atoms with E-state index in [0.29, 0.717) is 24.3 Å². The molecule has 4 heteroatoms. The Balaban J connectivity index is 2.23. The van der Waals surface area contributed by atoms with Gasteiger partial charge < -0.3 is 9.64 Å². The number of ether oxygens (including phenoxy) is 1. The number of likely N-dealkylation sites (tertiary alicyclic amines) is 1. The predicted molar refractivity (Wildman–Crippen MR) is 58.5 cm³/mol. The van der Waals surface area contributed by atoms with Gasteiger partial charge in [-0.05, 0) is 12.1 Å². The summed E-state index contributed by atoms with van der Waals surface area (Å²) in [6, 6.07) is 7.05. The van der Waals surface area contributed by atoms with Gasteiger partial charge in [0.15, 0.2) is 5.78 Å². The molecule has 1 heterocycles. The number of hydrogen-bond acceptors (Lipinski definition) is 3. The van der Waals surface area contributed by atoms with Crippen LogP contribution < -0.4 is 4.74 Å². The van der Waals surface area contributed by atoms with Crippen molar-refractivity contribution < 1.29 is 14.3 Å². The first-order valence-corrected chi connectivity index (χ1v) is 5.16. The molecule has 16 heavy (non-hydrogen) atoms. The van der Waals surface area contributed by atoms with Crippen LogP contribution in [0.2, 0.25) is 0 Å². The van der Waals surface area contributed by atoms with Crippen LogP contribution in [0.3, 0.4) is 0 Å². The first-order valence-electron chi connectivity index (χ1n) is 5.16. The maximum absolute atomic E-state index is 12.1. The lowest BCUT2D eigenvalue weighted by Gasteiger charge is -2.15. The SMILES string of the molecule is COc1ccccc1C(=O)N1CCC(=O)C1. The number of amides is 1. The van der Waals surface area contributed by atoms with E-state index in [1.807, 2.05) is 6.07 Å². The predicted octanol–water partition coefficient (Wildman–Crippen LogP) is 1.11. The molecule has 0 aliphatic carbocycles. The van der Waals surface area contributed by atoms with Crippen molar-refractivity contribution in [2.45, 2.75) is 6.42 Å². The number of hydrogen-bond donors (Lipinski definition) is 0. The Morgan fingerprint density at radius 1 is 1.38 bits per heavy atom. The Morgan fingerprint density at radius 3 is 2.75 bits per heavy atom. The van der Waals surface area contributed by atoms with Gasteiger partial charge in [0.05, 0.1) is 19.2 Å². The lowest BCUT2D eigenvalue weighted by atomic mass is 10.2. The Hall–Kier alpha value is -1.84. The number of nitrogens with zero attached hydrogens (tertiary/aromatic N) is 1. The summed E-state index contributed by atoms with van der Waals surface area (Å²) < 4.78 is 5.12. The van der Waals surface area contributed by atoms with Crippen molar-refractivity contribution in [2.75, 3.05) is 20.2 Å². The fourth-order valence-corrected chi connectivity index (χ4v) is 1.80. The minimum absolute atomic E-state index is 0.114. The Bertz CT molecular complexity index is 428. The second-order valence-electron chi connectivity index (χ2n) is 3.72. The molecule has 0 spiro atoms. The number of carbonyl (C=O) groups is 2. The number of para-hydroxylation sites is 1. The monoisotopic (exact) mass is 219 g/mol. The molecule has 0 N–H and O–H groups in total. The van der Waals surface area contributed by atoms with Gasteiger partial charge >= 0.3 is 0 Å². The Kier molecular flexibility index (Phi) is 2.90. The molecular formula is C12H13NO3. The van der Waals surface area contributed by atoms with Crippen molar-refractivity contribution in [1.82, 2.24) is 4.90 Å². The molecule has 0 saturated carbocycles. The van der Waals surface area contributed by atoms with Gasteiger partial charge in [-0.15, -0.1) is 0 Å². The van der Waals surface area contributed by atoms with E-state index in [1.54, 1.807) is 23.1 Å². The van der Waals surface area contributed by atoms with Crippen LogP contribution >= 0.6 is 0 Å². The van der Waals surface area contributed by atoms with Gasteiger partial charge in [0.25, 0.3) is 5.91 Å². The molecule has 0 radical (unpaired) electrons. The summed E-state index contributed by atoms with van der Waals surface area (Å²) in [7, 11) is 1.53. The number of carbonyl (C=O) groups excluding carboxylic acids is 2. The summed E-state index contributed by atoms with van der Waals surface area (Å²) in [6.07, 6.45) is 0.459. The fraction of sp³-hybridized carbons (Fsp3) is 0.333. The average Bonchev–Trinajstić information content (AvgIpc) is 2.75. The van der Waals surface area contributed by atoms with E-state index in [0.717, 1.165) is 0 Å². The molecule has 1 aliphatic rings. The maximum Gasteiger partial charge on any atom is 0.258 e. The highest BCUT2D eigenvalue weighted by molar-refractivity contribution is 6.00. The topological polar surface area (TPSA) is 46.6 Å². The summed E-state index contributed by atoms with van der Waals surface area (Å²) in [5.74, 6) is 0.526. The molecule has 0 bridgehead atoms. The second kappa shape index (κ2) is 4.35. The van der Waals surface area contributed by atoms with E-state index < -0.39 is 0 Å². The number of Topliss-reactive ketones (excluding diaryl/α,β-unsaturated/α-hetero) is 1. The van der Waals surface area contributed by atoms with Crippen LogP contribution in [0.1, 0.15) is 16.8 Å². The molecule has 0 atom stereocenters.